The minimum absolute atomic E-state index is 0.348. The number of hydrogen-bond acceptors (Lipinski definition) is 3. The first-order chi connectivity index (χ1) is 9.52. The molecule has 20 heavy (non-hydrogen) atoms. The van der Waals surface area contributed by atoms with E-state index >= 15 is 0 Å². The average Bonchev–Trinajstić information content (AvgIpc) is 2.37. The fourth-order valence-electron chi connectivity index (χ4n) is 3.02. The summed E-state index contributed by atoms with van der Waals surface area (Å²) in [6.07, 6.45) is 0.860. The van der Waals surface area contributed by atoms with Crippen molar-refractivity contribution < 1.29 is 9.84 Å². The van der Waals surface area contributed by atoms with Gasteiger partial charge in [0, 0.05) is 24.1 Å². The molecule has 0 amide bonds. The zero-order chi connectivity index (χ0) is 14.5. The van der Waals surface area contributed by atoms with Gasteiger partial charge in [0.2, 0.25) is 0 Å². The van der Waals surface area contributed by atoms with Gasteiger partial charge in [-0.1, -0.05) is 29.8 Å². The number of piperidine rings is 1. The van der Waals surface area contributed by atoms with Crippen molar-refractivity contribution in [1.29, 1.82) is 0 Å². The van der Waals surface area contributed by atoms with Crippen LogP contribution in [0.2, 0.25) is 0 Å². The number of halogens is 1. The van der Waals surface area contributed by atoms with Crippen molar-refractivity contribution in [3.05, 3.63) is 28.7 Å². The number of likely N-dealkylation sites (tertiary alicyclic amines) is 1. The molecule has 1 N–H and O–H groups in total. The maximum atomic E-state index is 10.1. The normalized spacial score (nSPS) is 25.4. The van der Waals surface area contributed by atoms with E-state index in [1.807, 2.05) is 24.3 Å². The maximum absolute atomic E-state index is 10.1. The fraction of sp³-hybridized carbons (Fsp3) is 0.625. The van der Waals surface area contributed by atoms with Gasteiger partial charge >= 0.3 is 0 Å². The van der Waals surface area contributed by atoms with Crippen molar-refractivity contribution in [3.8, 4) is 5.75 Å². The largest absolute Gasteiger partial charge is 0.491 e. The Morgan fingerprint density at radius 3 is 2.45 bits per heavy atom. The standard InChI is InChI=1S/C16H24BrNO2/c1-12-7-13(2)9-18(8-12)10-15(19)11-20-16-5-3-14(17)4-6-16/h3-6,12-13,15,19H,7-11H2,1-2H3/t12-,13-,15+/m1/s1. The van der Waals surface area contributed by atoms with Gasteiger partial charge in [-0.2, -0.15) is 0 Å². The van der Waals surface area contributed by atoms with Crippen LogP contribution in [0.5, 0.6) is 5.75 Å². The Hall–Kier alpha value is -0.580. The van der Waals surface area contributed by atoms with Gasteiger partial charge in [-0.15, -0.1) is 0 Å². The van der Waals surface area contributed by atoms with Gasteiger partial charge in [-0.3, -0.25) is 0 Å². The van der Waals surface area contributed by atoms with Gasteiger partial charge in [-0.25, -0.2) is 0 Å². The summed E-state index contributed by atoms with van der Waals surface area (Å²) in [5.74, 6) is 2.24. The quantitative estimate of drug-likeness (QED) is 0.892. The molecule has 2 rings (SSSR count). The zero-order valence-electron chi connectivity index (χ0n) is 12.3. The minimum Gasteiger partial charge on any atom is -0.491 e. The molecule has 112 valence electrons. The third kappa shape index (κ3) is 5.08. The van der Waals surface area contributed by atoms with Crippen molar-refractivity contribution in [2.24, 2.45) is 11.8 Å². The van der Waals surface area contributed by atoms with Crippen LogP contribution in [-0.2, 0) is 0 Å². The highest BCUT2D eigenvalue weighted by molar-refractivity contribution is 9.10. The van der Waals surface area contributed by atoms with E-state index in [1.54, 1.807) is 0 Å². The van der Waals surface area contributed by atoms with Crippen LogP contribution in [0, 0.1) is 11.8 Å². The number of nitrogens with zero attached hydrogens (tertiary/aromatic N) is 1. The van der Waals surface area contributed by atoms with E-state index in [2.05, 4.69) is 34.7 Å². The van der Waals surface area contributed by atoms with E-state index in [9.17, 15) is 5.11 Å². The minimum atomic E-state index is -0.434. The van der Waals surface area contributed by atoms with Gasteiger partial charge in [0.25, 0.3) is 0 Å². The van der Waals surface area contributed by atoms with Crippen LogP contribution in [0.25, 0.3) is 0 Å². The zero-order valence-corrected chi connectivity index (χ0v) is 13.8. The van der Waals surface area contributed by atoms with Gasteiger partial charge in [0.15, 0.2) is 0 Å². The van der Waals surface area contributed by atoms with Gasteiger partial charge < -0.3 is 14.7 Å². The fourth-order valence-corrected chi connectivity index (χ4v) is 3.28. The van der Waals surface area contributed by atoms with Crippen LogP contribution < -0.4 is 4.74 Å². The molecule has 0 radical (unpaired) electrons. The van der Waals surface area contributed by atoms with Crippen LogP contribution in [0.4, 0.5) is 0 Å². The number of ether oxygens (including phenoxy) is 1. The average molecular weight is 342 g/mol. The monoisotopic (exact) mass is 341 g/mol. The summed E-state index contributed by atoms with van der Waals surface area (Å²) in [4.78, 5) is 2.36. The first-order valence-corrected chi connectivity index (χ1v) is 8.11. The molecule has 3 nitrogen and oxygen atoms in total. The third-order valence-corrected chi connectivity index (χ3v) is 4.20. The molecule has 1 fully saturated rings. The summed E-state index contributed by atoms with van der Waals surface area (Å²) < 4.78 is 6.65. The second-order valence-electron chi connectivity index (χ2n) is 6.08. The highest BCUT2D eigenvalue weighted by Crippen LogP contribution is 2.21. The van der Waals surface area contributed by atoms with E-state index < -0.39 is 6.10 Å². The first kappa shape index (κ1) is 15.8. The summed E-state index contributed by atoms with van der Waals surface area (Å²) >= 11 is 3.39. The molecule has 0 aliphatic carbocycles. The third-order valence-electron chi connectivity index (χ3n) is 3.67. The predicted molar refractivity (Wildman–Crippen MR) is 85.0 cm³/mol. The number of aliphatic hydroxyl groups is 1. The molecule has 3 atom stereocenters. The van der Waals surface area contributed by atoms with Gasteiger partial charge in [0.1, 0.15) is 18.5 Å². The first-order valence-electron chi connectivity index (χ1n) is 7.31. The number of benzene rings is 1. The highest BCUT2D eigenvalue weighted by Gasteiger charge is 2.23. The second-order valence-corrected chi connectivity index (χ2v) is 7.00. The molecule has 4 heteroatoms. The predicted octanol–water partition coefficient (Wildman–Crippen LogP) is 3.17. The lowest BCUT2D eigenvalue weighted by Gasteiger charge is -2.35. The molecular formula is C16H24BrNO2. The summed E-state index contributed by atoms with van der Waals surface area (Å²) in [6, 6.07) is 7.69. The van der Waals surface area contributed by atoms with Crippen molar-refractivity contribution >= 4 is 15.9 Å². The SMILES string of the molecule is C[C@@H]1C[C@@H](C)CN(C[C@H](O)COc2ccc(Br)cc2)C1. The Morgan fingerprint density at radius 1 is 1.25 bits per heavy atom. The van der Waals surface area contributed by atoms with Crippen LogP contribution in [0.15, 0.2) is 28.7 Å². The Kier molecular flexibility index (Phi) is 5.87. The van der Waals surface area contributed by atoms with E-state index in [1.165, 1.54) is 6.42 Å². The van der Waals surface area contributed by atoms with Crippen molar-refractivity contribution in [2.45, 2.75) is 26.4 Å². The lowest BCUT2D eigenvalue weighted by Crippen LogP contribution is -2.43. The van der Waals surface area contributed by atoms with E-state index in [0.717, 1.165) is 35.1 Å². The molecule has 0 unspecified atom stereocenters. The number of hydrogen-bond donors (Lipinski definition) is 1. The van der Waals surface area contributed by atoms with E-state index in [0.29, 0.717) is 13.2 Å². The molecule has 0 saturated carbocycles. The smallest absolute Gasteiger partial charge is 0.119 e. The van der Waals surface area contributed by atoms with Crippen molar-refractivity contribution in [3.63, 3.8) is 0 Å². The van der Waals surface area contributed by atoms with Gasteiger partial charge in [0.05, 0.1) is 0 Å². The van der Waals surface area contributed by atoms with E-state index in [4.69, 9.17) is 4.74 Å². The lowest BCUT2D eigenvalue weighted by molar-refractivity contribution is 0.0429. The summed E-state index contributed by atoms with van der Waals surface area (Å²) in [6.45, 7) is 7.78. The summed E-state index contributed by atoms with van der Waals surface area (Å²) in [5.41, 5.74) is 0. The number of β-amino-alcohol motifs (C(OH)–C–C–N with tert-alkyl or cyclic N) is 1. The Balaban J connectivity index is 1.74. The molecule has 1 saturated heterocycles. The van der Waals surface area contributed by atoms with Crippen LogP contribution >= 0.6 is 15.9 Å². The Morgan fingerprint density at radius 2 is 1.85 bits per heavy atom. The Labute approximate surface area is 130 Å². The van der Waals surface area contributed by atoms with E-state index in [-0.39, 0.29) is 0 Å². The van der Waals surface area contributed by atoms with Crippen LogP contribution in [0.1, 0.15) is 20.3 Å². The summed E-state index contributed by atoms with van der Waals surface area (Å²) in [5, 5.41) is 10.1. The molecule has 1 heterocycles. The molecule has 1 aromatic rings. The highest BCUT2D eigenvalue weighted by atomic mass is 79.9. The summed E-state index contributed by atoms with van der Waals surface area (Å²) in [7, 11) is 0. The molecule has 1 aliphatic rings. The van der Waals surface area contributed by atoms with Crippen molar-refractivity contribution in [1.82, 2.24) is 4.90 Å². The number of aliphatic hydroxyl groups excluding tert-OH is 1. The Bertz CT molecular complexity index is 399. The lowest BCUT2D eigenvalue weighted by atomic mass is 9.92. The number of rotatable bonds is 5. The van der Waals surface area contributed by atoms with Crippen LogP contribution in [-0.4, -0.2) is 42.4 Å². The molecular weight excluding hydrogens is 318 g/mol. The van der Waals surface area contributed by atoms with Gasteiger partial charge in [-0.05, 0) is 42.5 Å². The van der Waals surface area contributed by atoms with Crippen molar-refractivity contribution in [2.75, 3.05) is 26.2 Å². The topological polar surface area (TPSA) is 32.7 Å². The van der Waals surface area contributed by atoms with Crippen LogP contribution in [0.3, 0.4) is 0 Å². The molecule has 0 spiro atoms. The molecule has 1 aromatic carbocycles. The molecule has 1 aliphatic heterocycles. The molecule has 0 aromatic heterocycles. The second kappa shape index (κ2) is 7.43. The molecule has 0 bridgehead atoms. The maximum Gasteiger partial charge on any atom is 0.119 e.